The minimum Gasteiger partial charge on any atom is -0.493 e. The highest BCUT2D eigenvalue weighted by molar-refractivity contribution is 8.03. The second-order valence-electron chi connectivity index (χ2n) is 11.5. The van der Waals surface area contributed by atoms with Gasteiger partial charge < -0.3 is 45.0 Å². The van der Waals surface area contributed by atoms with Gasteiger partial charge in [-0.25, -0.2) is 13.8 Å². The van der Waals surface area contributed by atoms with Gasteiger partial charge >= 0.3 is 5.97 Å². The maximum Gasteiger partial charge on any atom is 0.307 e. The van der Waals surface area contributed by atoms with E-state index in [9.17, 15) is 14.3 Å². The number of carbonyl (C=O) groups is 1. The van der Waals surface area contributed by atoms with E-state index in [1.165, 1.54) is 24.4 Å². The Morgan fingerprint density at radius 3 is 2.42 bits per heavy atom. The molecule has 7 N–H and O–H groups in total. The third-order valence-corrected chi connectivity index (χ3v) is 8.08. The SMILES string of the molecule is [B]C(O)(O)CC(=O)O.[B]C([B])(O)Sc1c(Oc2ccc(F)c(-c3ncc(C4CCOc5c(C)cccc54)[nH]3)c2)c(F)c(F)c2[nH]ccc12.[B]C([B])O. The number of imidazole rings is 1. The van der Waals surface area contributed by atoms with Gasteiger partial charge in [0, 0.05) is 39.7 Å². The van der Waals surface area contributed by atoms with Crippen molar-refractivity contribution < 1.29 is 53.0 Å². The van der Waals surface area contributed by atoms with E-state index in [2.05, 4.69) is 38.5 Å². The van der Waals surface area contributed by atoms with Crippen molar-refractivity contribution in [3.8, 4) is 28.6 Å². The molecule has 1 atom stereocenters. The second kappa shape index (κ2) is 16.6. The number of benzene rings is 3. The fourth-order valence-corrected chi connectivity index (χ4v) is 6.00. The van der Waals surface area contributed by atoms with Gasteiger partial charge in [0.1, 0.15) is 44.5 Å². The lowest BCUT2D eigenvalue weighted by Crippen LogP contribution is -2.31. The Kier molecular flexibility index (Phi) is 13.0. The average Bonchev–Trinajstić information content (AvgIpc) is 3.72. The number of hydrogen-bond acceptors (Lipinski definition) is 9. The van der Waals surface area contributed by atoms with E-state index < -0.39 is 51.9 Å². The molecule has 3 aromatic carbocycles. The van der Waals surface area contributed by atoms with Crippen molar-refractivity contribution in [3.05, 3.63) is 89.1 Å². The molecule has 2 aromatic heterocycles. The lowest BCUT2D eigenvalue weighted by Gasteiger charge is -2.26. The molecule has 0 saturated heterocycles. The van der Waals surface area contributed by atoms with Crippen LogP contribution in [0.25, 0.3) is 22.3 Å². The number of aliphatic hydroxyl groups excluding tert-OH is 1. The van der Waals surface area contributed by atoms with Gasteiger partial charge in [0.25, 0.3) is 0 Å². The molecule has 0 bridgehead atoms. The van der Waals surface area contributed by atoms with Crippen molar-refractivity contribution in [2.24, 2.45) is 0 Å². The van der Waals surface area contributed by atoms with Crippen LogP contribution in [-0.2, 0) is 4.79 Å². The van der Waals surface area contributed by atoms with E-state index in [-0.39, 0.29) is 38.9 Å². The molecule has 11 nitrogen and oxygen atoms in total. The summed E-state index contributed by atoms with van der Waals surface area (Å²) in [6, 6.07) is 11.1. The van der Waals surface area contributed by atoms with Crippen LogP contribution >= 0.6 is 11.8 Å². The molecule has 52 heavy (non-hydrogen) atoms. The zero-order valence-electron chi connectivity index (χ0n) is 27.3. The molecule has 10 radical (unpaired) electrons. The van der Waals surface area contributed by atoms with Gasteiger partial charge in [-0.3, -0.25) is 4.79 Å². The summed E-state index contributed by atoms with van der Waals surface area (Å²) in [6.45, 7) is 2.51. The standard InChI is InChI=1S/C28H20B2F3N3O3S.C3H5BO4.CH2B2O/c1-13-3-2-4-16-15(8-10-38-24(13)16)20-12-35-27(36-20)18-11-14(5-6-19(18)31)39-25-22(33)21(32)23-17(7-9-34-23)26(25)40-28(29,30)37;4-3(7,8)1-2(5)6;2-1(3)4/h2-7,9,11-12,15,34,37H,8,10H2,1H3,(H,35,36);7-8H,1H2,(H,5,6);1,4H. The number of nitrogens with one attached hydrogen (secondary N) is 2. The summed E-state index contributed by atoms with van der Waals surface area (Å²) < 4.78 is 54.3. The van der Waals surface area contributed by atoms with Crippen LogP contribution in [0.4, 0.5) is 13.2 Å². The van der Waals surface area contributed by atoms with Crippen molar-refractivity contribution >= 4 is 67.9 Å². The van der Waals surface area contributed by atoms with Gasteiger partial charge in [-0.2, -0.15) is 4.39 Å². The highest BCUT2D eigenvalue weighted by Crippen LogP contribution is 2.45. The number of aliphatic hydroxyl groups is 4. The number of hydrogen-bond donors (Lipinski definition) is 7. The maximum atomic E-state index is 15.2. The molecule has 3 heterocycles. The number of nitrogens with zero attached hydrogens (tertiary/aromatic N) is 1. The number of aryl methyl sites for hydroxylation is 1. The summed E-state index contributed by atoms with van der Waals surface area (Å²) in [5, 5.41) is 41.9. The highest BCUT2D eigenvalue weighted by atomic mass is 32.2. The number of aliphatic carboxylic acids is 1. The maximum absolute atomic E-state index is 15.2. The zero-order chi connectivity index (χ0) is 38.5. The van der Waals surface area contributed by atoms with Crippen molar-refractivity contribution in [2.75, 3.05) is 6.61 Å². The summed E-state index contributed by atoms with van der Waals surface area (Å²) in [7, 11) is 24.4. The van der Waals surface area contributed by atoms with Crippen LogP contribution in [0.3, 0.4) is 0 Å². The fourth-order valence-electron chi connectivity index (χ4n) is 5.17. The van der Waals surface area contributed by atoms with Gasteiger partial charge in [0.05, 0.1) is 44.7 Å². The molecule has 6 rings (SSSR count). The Morgan fingerprint density at radius 2 is 1.81 bits per heavy atom. The predicted octanol–water partition coefficient (Wildman–Crippen LogP) is 2.89. The molecular formula is C32H27B5F3N3O8S. The van der Waals surface area contributed by atoms with E-state index in [4.69, 9.17) is 45.6 Å². The first-order valence-electron chi connectivity index (χ1n) is 15.1. The number of aromatic amines is 2. The van der Waals surface area contributed by atoms with Crippen molar-refractivity contribution in [1.82, 2.24) is 15.0 Å². The molecule has 1 aliphatic rings. The Hall–Kier alpha value is -4.22. The predicted molar refractivity (Wildman–Crippen MR) is 190 cm³/mol. The number of thioether (sulfide) groups is 1. The summed E-state index contributed by atoms with van der Waals surface area (Å²) in [4.78, 5) is 19.8. The van der Waals surface area contributed by atoms with Crippen molar-refractivity contribution in [2.45, 2.75) is 46.9 Å². The monoisotopic (exact) mass is 725 g/mol. The van der Waals surface area contributed by atoms with Crippen LogP contribution in [0.15, 0.2) is 59.8 Å². The number of halogens is 3. The Morgan fingerprint density at radius 1 is 1.12 bits per heavy atom. The average molecular weight is 725 g/mol. The number of ether oxygens (including phenoxy) is 2. The Labute approximate surface area is 306 Å². The van der Waals surface area contributed by atoms with E-state index in [1.54, 1.807) is 6.20 Å². The highest BCUT2D eigenvalue weighted by Gasteiger charge is 2.29. The second-order valence-corrected chi connectivity index (χ2v) is 12.7. The molecule has 0 amide bonds. The third kappa shape index (κ3) is 10.4. The molecular weight excluding hydrogens is 697 g/mol. The molecule has 1 unspecified atom stereocenters. The Bertz CT molecular complexity index is 2040. The molecule has 260 valence electrons. The minimum atomic E-state index is -2.58. The minimum absolute atomic E-state index is 0.00555. The molecule has 0 aliphatic carbocycles. The van der Waals surface area contributed by atoms with Crippen molar-refractivity contribution in [3.63, 3.8) is 0 Å². The van der Waals surface area contributed by atoms with Crippen LogP contribution in [0.5, 0.6) is 17.2 Å². The van der Waals surface area contributed by atoms with E-state index in [0.717, 1.165) is 28.6 Å². The van der Waals surface area contributed by atoms with Crippen LogP contribution in [0.1, 0.15) is 35.6 Å². The smallest absolute Gasteiger partial charge is 0.307 e. The first-order chi connectivity index (χ1) is 24.3. The fraction of sp³-hybridized carbons (Fsp3) is 0.250. The number of para-hydroxylation sites is 1. The first-order valence-corrected chi connectivity index (χ1v) is 15.9. The van der Waals surface area contributed by atoms with Gasteiger partial charge in [-0.1, -0.05) is 18.2 Å². The number of carboxylic acids is 1. The summed E-state index contributed by atoms with van der Waals surface area (Å²) >= 11 is 0.478. The molecule has 5 aromatic rings. The van der Waals surface area contributed by atoms with E-state index in [0.29, 0.717) is 24.8 Å². The third-order valence-electron chi connectivity index (χ3n) is 7.14. The van der Waals surface area contributed by atoms with Gasteiger partial charge in [0.15, 0.2) is 19.4 Å². The van der Waals surface area contributed by atoms with Gasteiger partial charge in [0.2, 0.25) is 5.82 Å². The first kappa shape index (κ1) is 40.6. The number of aromatic nitrogens is 3. The normalized spacial score (nSPS) is 14.1. The summed E-state index contributed by atoms with van der Waals surface area (Å²) in [5.74, 6) is -5.16. The molecule has 0 saturated carbocycles. The molecule has 20 heteroatoms. The number of fused-ring (bicyclic) bond motifs is 2. The van der Waals surface area contributed by atoms with E-state index in [1.807, 2.05) is 25.1 Å². The molecule has 0 spiro atoms. The van der Waals surface area contributed by atoms with Crippen LogP contribution < -0.4 is 9.47 Å². The topological polar surface area (TPSA) is 181 Å². The van der Waals surface area contributed by atoms with Crippen LogP contribution in [-0.4, -0.2) is 109 Å². The number of carboxylic acid groups (broad SMARTS) is 1. The lowest BCUT2D eigenvalue weighted by molar-refractivity contribution is -0.151. The summed E-state index contributed by atoms with van der Waals surface area (Å²) in [5.41, 5.74) is 0.162. The molecule has 1 aliphatic heterocycles. The van der Waals surface area contributed by atoms with Gasteiger partial charge in [-0.15, -0.1) is 11.8 Å². The van der Waals surface area contributed by atoms with E-state index >= 15 is 8.78 Å². The van der Waals surface area contributed by atoms with Crippen LogP contribution in [0, 0.1) is 24.4 Å². The molecule has 0 fully saturated rings. The number of rotatable bonds is 8. The quantitative estimate of drug-likeness (QED) is 0.0715. The largest absolute Gasteiger partial charge is 0.493 e. The van der Waals surface area contributed by atoms with Gasteiger partial charge in [-0.05, 0) is 49.1 Å². The zero-order valence-corrected chi connectivity index (χ0v) is 28.1. The summed E-state index contributed by atoms with van der Waals surface area (Å²) in [6.07, 6.45) is 2.89. The Balaban J connectivity index is 0.000000437. The van der Waals surface area contributed by atoms with Crippen molar-refractivity contribution in [1.29, 1.82) is 0 Å². The lowest BCUT2D eigenvalue weighted by atomic mass is 9.81. The number of H-pyrrole nitrogens is 2. The van der Waals surface area contributed by atoms with Crippen LogP contribution in [0.2, 0.25) is 0 Å².